The third-order valence-corrected chi connectivity index (χ3v) is 3.30. The zero-order valence-electron chi connectivity index (χ0n) is 10.6. The van der Waals surface area contributed by atoms with Crippen molar-refractivity contribution in [1.29, 1.82) is 0 Å². The molecule has 0 amide bonds. The van der Waals surface area contributed by atoms with E-state index in [1.54, 1.807) is 24.3 Å². The average molecular weight is 258 g/mol. The first-order valence-corrected chi connectivity index (χ1v) is 6.42. The highest BCUT2D eigenvalue weighted by Crippen LogP contribution is 2.35. The number of carbonyl (C=O) groups is 2. The Balaban J connectivity index is 1.91. The standard InChI is InChI=1S/C15H14O4/c1-2-7-18-12-8-11-13(16)9-5-3-4-6-10(9)14(17)15(11)19-12/h3-6,12H,2,7-8H2,1H3. The van der Waals surface area contributed by atoms with Crippen molar-refractivity contribution in [3.05, 3.63) is 46.7 Å². The minimum Gasteiger partial charge on any atom is -0.460 e. The van der Waals surface area contributed by atoms with Crippen LogP contribution < -0.4 is 0 Å². The van der Waals surface area contributed by atoms with Gasteiger partial charge in [-0.2, -0.15) is 0 Å². The number of ketones is 2. The molecule has 0 fully saturated rings. The van der Waals surface area contributed by atoms with Gasteiger partial charge in [0.1, 0.15) is 0 Å². The summed E-state index contributed by atoms with van der Waals surface area (Å²) in [6, 6.07) is 6.84. The predicted octanol–water partition coefficient (Wildman–Crippen LogP) is 2.49. The lowest BCUT2D eigenvalue weighted by molar-refractivity contribution is -0.0979. The van der Waals surface area contributed by atoms with Crippen LogP contribution in [-0.2, 0) is 9.47 Å². The van der Waals surface area contributed by atoms with Gasteiger partial charge in [-0.15, -0.1) is 0 Å². The third-order valence-electron chi connectivity index (χ3n) is 3.30. The van der Waals surface area contributed by atoms with Crippen molar-refractivity contribution in [2.24, 2.45) is 0 Å². The van der Waals surface area contributed by atoms with Crippen LogP contribution in [0, 0.1) is 0 Å². The van der Waals surface area contributed by atoms with Gasteiger partial charge in [0.05, 0.1) is 12.2 Å². The molecule has 1 aliphatic heterocycles. The lowest BCUT2D eigenvalue weighted by Gasteiger charge is -2.15. The Kier molecular flexibility index (Phi) is 2.95. The van der Waals surface area contributed by atoms with Crippen LogP contribution in [0.4, 0.5) is 0 Å². The van der Waals surface area contributed by atoms with Crippen molar-refractivity contribution in [2.45, 2.75) is 26.1 Å². The summed E-state index contributed by atoms with van der Waals surface area (Å²) in [4.78, 5) is 24.6. The fourth-order valence-corrected chi connectivity index (χ4v) is 2.40. The van der Waals surface area contributed by atoms with Crippen LogP contribution in [0.15, 0.2) is 35.6 Å². The molecule has 1 aromatic carbocycles. The maximum Gasteiger partial charge on any atom is 0.228 e. The van der Waals surface area contributed by atoms with E-state index in [2.05, 4.69) is 0 Å². The Morgan fingerprint density at radius 1 is 1.21 bits per heavy atom. The Hall–Kier alpha value is -1.94. The second-order valence-electron chi connectivity index (χ2n) is 4.63. The molecule has 0 bridgehead atoms. The predicted molar refractivity (Wildman–Crippen MR) is 67.9 cm³/mol. The van der Waals surface area contributed by atoms with Crippen molar-refractivity contribution in [1.82, 2.24) is 0 Å². The van der Waals surface area contributed by atoms with Gasteiger partial charge in [-0.25, -0.2) is 0 Å². The van der Waals surface area contributed by atoms with Crippen LogP contribution in [0.5, 0.6) is 0 Å². The van der Waals surface area contributed by atoms with Crippen molar-refractivity contribution < 1.29 is 19.1 Å². The largest absolute Gasteiger partial charge is 0.460 e. The molecule has 98 valence electrons. The number of ether oxygens (including phenoxy) is 2. The molecule has 0 saturated carbocycles. The first-order chi connectivity index (χ1) is 9.22. The average Bonchev–Trinajstić information content (AvgIpc) is 2.87. The van der Waals surface area contributed by atoms with Gasteiger partial charge in [-0.1, -0.05) is 31.2 Å². The van der Waals surface area contributed by atoms with Crippen LogP contribution >= 0.6 is 0 Å². The van der Waals surface area contributed by atoms with E-state index in [1.807, 2.05) is 6.92 Å². The van der Waals surface area contributed by atoms with Crippen LogP contribution in [0.1, 0.15) is 40.5 Å². The fraction of sp³-hybridized carbons (Fsp3) is 0.333. The summed E-state index contributed by atoms with van der Waals surface area (Å²) in [5.41, 5.74) is 1.33. The molecular formula is C15H14O4. The number of rotatable bonds is 3. The Labute approximate surface area is 111 Å². The molecule has 19 heavy (non-hydrogen) atoms. The summed E-state index contributed by atoms with van der Waals surface area (Å²) in [6.45, 7) is 2.55. The van der Waals surface area contributed by atoms with Crippen LogP contribution in [0.2, 0.25) is 0 Å². The first-order valence-electron chi connectivity index (χ1n) is 6.42. The molecule has 1 atom stereocenters. The molecule has 1 aliphatic carbocycles. The molecule has 1 aromatic rings. The smallest absolute Gasteiger partial charge is 0.228 e. The van der Waals surface area contributed by atoms with Gasteiger partial charge in [0, 0.05) is 17.5 Å². The van der Waals surface area contributed by atoms with Crippen molar-refractivity contribution in [3.8, 4) is 0 Å². The number of hydrogen-bond acceptors (Lipinski definition) is 4. The molecule has 0 aromatic heterocycles. The van der Waals surface area contributed by atoms with Crippen LogP contribution in [-0.4, -0.2) is 24.5 Å². The molecule has 4 heteroatoms. The number of fused-ring (bicyclic) bond motifs is 1. The quantitative estimate of drug-likeness (QED) is 0.835. The van der Waals surface area contributed by atoms with E-state index in [1.165, 1.54) is 0 Å². The number of carbonyl (C=O) groups excluding carboxylic acids is 2. The fourth-order valence-electron chi connectivity index (χ4n) is 2.40. The van der Waals surface area contributed by atoms with Crippen LogP contribution in [0.3, 0.4) is 0 Å². The highest BCUT2D eigenvalue weighted by molar-refractivity contribution is 6.26. The molecule has 2 aliphatic rings. The molecule has 1 heterocycles. The SMILES string of the molecule is CCCOC1CC2=C(O1)C(=O)c1ccccc1C2=O. The lowest BCUT2D eigenvalue weighted by Crippen LogP contribution is -2.19. The topological polar surface area (TPSA) is 52.6 Å². The summed E-state index contributed by atoms with van der Waals surface area (Å²) >= 11 is 0. The van der Waals surface area contributed by atoms with Crippen molar-refractivity contribution in [2.75, 3.05) is 6.61 Å². The summed E-state index contributed by atoms with van der Waals surface area (Å²) in [6.07, 6.45) is 0.716. The van der Waals surface area contributed by atoms with Gasteiger partial charge in [0.15, 0.2) is 11.5 Å². The summed E-state index contributed by atoms with van der Waals surface area (Å²) in [5.74, 6) is -0.162. The van der Waals surface area contributed by atoms with Gasteiger partial charge in [-0.3, -0.25) is 9.59 Å². The van der Waals surface area contributed by atoms with Gasteiger partial charge >= 0.3 is 0 Å². The second-order valence-corrected chi connectivity index (χ2v) is 4.63. The molecule has 3 rings (SSSR count). The summed E-state index contributed by atoms with van der Waals surface area (Å²) < 4.78 is 11.0. The molecular weight excluding hydrogens is 244 g/mol. The Morgan fingerprint density at radius 3 is 2.58 bits per heavy atom. The maximum absolute atomic E-state index is 12.3. The zero-order chi connectivity index (χ0) is 13.4. The van der Waals surface area contributed by atoms with Crippen molar-refractivity contribution >= 4 is 11.6 Å². The Bertz CT molecular complexity index is 539. The summed E-state index contributed by atoms with van der Waals surface area (Å²) in [5, 5.41) is 0. The Morgan fingerprint density at radius 2 is 1.89 bits per heavy atom. The highest BCUT2D eigenvalue weighted by atomic mass is 16.7. The van der Waals surface area contributed by atoms with Crippen molar-refractivity contribution in [3.63, 3.8) is 0 Å². The van der Waals surface area contributed by atoms with Gasteiger partial charge in [0.25, 0.3) is 0 Å². The number of allylic oxidation sites excluding steroid dienone is 1. The van der Waals surface area contributed by atoms with E-state index >= 15 is 0 Å². The van der Waals surface area contributed by atoms with E-state index < -0.39 is 6.29 Å². The molecule has 0 saturated heterocycles. The number of benzene rings is 1. The normalized spacial score (nSPS) is 21.2. The summed E-state index contributed by atoms with van der Waals surface area (Å²) in [7, 11) is 0. The second kappa shape index (κ2) is 4.63. The van der Waals surface area contributed by atoms with E-state index in [9.17, 15) is 9.59 Å². The molecule has 0 spiro atoms. The van der Waals surface area contributed by atoms with Gasteiger partial charge in [0.2, 0.25) is 12.1 Å². The lowest BCUT2D eigenvalue weighted by atomic mass is 9.88. The van der Waals surface area contributed by atoms with E-state index in [-0.39, 0.29) is 17.3 Å². The van der Waals surface area contributed by atoms with E-state index in [0.717, 1.165) is 6.42 Å². The number of Topliss-reactive ketones (excluding diaryl/α,β-unsaturated/α-hetero) is 2. The van der Waals surface area contributed by atoms with E-state index in [4.69, 9.17) is 9.47 Å². The molecule has 0 radical (unpaired) electrons. The monoisotopic (exact) mass is 258 g/mol. The minimum absolute atomic E-state index is 0.118. The third kappa shape index (κ3) is 1.88. The highest BCUT2D eigenvalue weighted by Gasteiger charge is 2.40. The molecule has 0 N–H and O–H groups in total. The minimum atomic E-state index is -0.507. The molecule has 1 unspecified atom stereocenters. The van der Waals surface area contributed by atoms with Gasteiger partial charge < -0.3 is 9.47 Å². The maximum atomic E-state index is 12.3. The van der Waals surface area contributed by atoms with E-state index in [0.29, 0.717) is 29.7 Å². The first kappa shape index (κ1) is 12.1. The van der Waals surface area contributed by atoms with Gasteiger partial charge in [-0.05, 0) is 6.42 Å². The molecule has 4 nitrogen and oxygen atoms in total. The number of hydrogen-bond donors (Lipinski definition) is 0. The van der Waals surface area contributed by atoms with Crippen LogP contribution in [0.25, 0.3) is 0 Å². The zero-order valence-corrected chi connectivity index (χ0v) is 10.6.